The van der Waals surface area contributed by atoms with Crippen molar-refractivity contribution in [1.82, 2.24) is 0 Å². The molecule has 0 amide bonds. The minimum absolute atomic E-state index is 0.00480. The molecule has 20 heavy (non-hydrogen) atoms. The van der Waals surface area contributed by atoms with Gasteiger partial charge in [-0.2, -0.15) is 0 Å². The molecule has 0 bridgehead atoms. The zero-order valence-corrected chi connectivity index (χ0v) is 11.6. The molecule has 0 saturated carbocycles. The Balaban J connectivity index is 3.78. The number of carbonyl (C=O) groups is 2. The van der Waals surface area contributed by atoms with Crippen molar-refractivity contribution >= 4 is 11.9 Å². The largest absolute Gasteiger partial charge is 0.478 e. The van der Waals surface area contributed by atoms with Gasteiger partial charge in [0.2, 0.25) is 0 Å². The Morgan fingerprint density at radius 2 is 1.60 bits per heavy atom. The number of benzene rings is 1. The third-order valence-corrected chi connectivity index (χ3v) is 3.38. The summed E-state index contributed by atoms with van der Waals surface area (Å²) in [7, 11) is 0. The highest BCUT2D eigenvalue weighted by Gasteiger charge is 2.25. The van der Waals surface area contributed by atoms with Crippen molar-refractivity contribution in [2.24, 2.45) is 0 Å². The fraction of sp³-hybridized carbons (Fsp3) is 0.250. The Kier molecular flexibility index (Phi) is 4.86. The van der Waals surface area contributed by atoms with Gasteiger partial charge in [0.15, 0.2) is 0 Å². The van der Waals surface area contributed by atoms with Crippen LogP contribution in [0.3, 0.4) is 0 Å². The second kappa shape index (κ2) is 6.19. The molecule has 2 unspecified atom stereocenters. The minimum Gasteiger partial charge on any atom is -0.478 e. The molecule has 1 aromatic rings. The van der Waals surface area contributed by atoms with E-state index in [2.05, 4.69) is 13.2 Å². The van der Waals surface area contributed by atoms with E-state index in [9.17, 15) is 19.8 Å². The van der Waals surface area contributed by atoms with Crippen LogP contribution >= 0.6 is 0 Å². The normalized spacial score (nSPS) is 13.3. The zero-order chi connectivity index (χ0) is 15.4. The molecule has 0 spiro atoms. The van der Waals surface area contributed by atoms with Crippen LogP contribution in [0.1, 0.15) is 57.5 Å². The molecule has 0 aliphatic rings. The molecule has 0 aliphatic heterocycles. The zero-order valence-electron chi connectivity index (χ0n) is 11.6. The molecular weight excluding hydrogens is 256 g/mol. The fourth-order valence-electron chi connectivity index (χ4n) is 2.16. The van der Waals surface area contributed by atoms with E-state index in [1.54, 1.807) is 19.1 Å². The van der Waals surface area contributed by atoms with E-state index >= 15 is 0 Å². The summed E-state index contributed by atoms with van der Waals surface area (Å²) in [6, 6.07) is 2.98. The summed E-state index contributed by atoms with van der Waals surface area (Å²) in [4.78, 5) is 22.9. The number of hydrogen-bond acceptors (Lipinski definition) is 2. The van der Waals surface area contributed by atoms with E-state index < -0.39 is 11.9 Å². The summed E-state index contributed by atoms with van der Waals surface area (Å²) in [6.45, 7) is 10.8. The second-order valence-electron chi connectivity index (χ2n) is 4.65. The SMILES string of the molecule is C=CC(C)c1ccc(C(=O)O)c(C(C)C=C)c1C(=O)O. The smallest absolute Gasteiger partial charge is 0.336 e. The molecule has 4 heteroatoms. The Morgan fingerprint density at radius 3 is 2.00 bits per heavy atom. The molecule has 0 heterocycles. The summed E-state index contributed by atoms with van der Waals surface area (Å²) >= 11 is 0. The topological polar surface area (TPSA) is 74.6 Å². The Labute approximate surface area is 118 Å². The lowest BCUT2D eigenvalue weighted by Gasteiger charge is -2.19. The summed E-state index contributed by atoms with van der Waals surface area (Å²) in [6.07, 6.45) is 3.17. The Morgan fingerprint density at radius 1 is 1.05 bits per heavy atom. The van der Waals surface area contributed by atoms with Gasteiger partial charge in [0, 0.05) is 5.92 Å². The predicted molar refractivity (Wildman–Crippen MR) is 77.6 cm³/mol. The van der Waals surface area contributed by atoms with Gasteiger partial charge in [-0.05, 0) is 23.1 Å². The minimum atomic E-state index is -1.14. The molecule has 2 atom stereocenters. The molecule has 0 aliphatic carbocycles. The molecule has 0 aromatic heterocycles. The lowest BCUT2D eigenvalue weighted by Crippen LogP contribution is -2.15. The summed E-state index contributed by atoms with van der Waals surface area (Å²) in [5, 5.41) is 18.7. The van der Waals surface area contributed by atoms with Gasteiger partial charge in [0.25, 0.3) is 0 Å². The number of allylic oxidation sites excluding steroid dienone is 2. The van der Waals surface area contributed by atoms with Crippen molar-refractivity contribution in [3.8, 4) is 0 Å². The van der Waals surface area contributed by atoms with Gasteiger partial charge in [0.05, 0.1) is 11.1 Å². The average molecular weight is 274 g/mol. The fourth-order valence-corrected chi connectivity index (χ4v) is 2.16. The first-order valence-corrected chi connectivity index (χ1v) is 6.23. The highest BCUT2D eigenvalue weighted by Crippen LogP contribution is 2.32. The molecule has 4 nitrogen and oxygen atoms in total. The monoisotopic (exact) mass is 274 g/mol. The van der Waals surface area contributed by atoms with Crippen LogP contribution in [0.25, 0.3) is 0 Å². The molecule has 0 radical (unpaired) electrons. The molecule has 1 rings (SSSR count). The van der Waals surface area contributed by atoms with Crippen LogP contribution in [0.5, 0.6) is 0 Å². The second-order valence-corrected chi connectivity index (χ2v) is 4.65. The van der Waals surface area contributed by atoms with E-state index in [4.69, 9.17) is 0 Å². The number of rotatable bonds is 6. The summed E-state index contributed by atoms with van der Waals surface area (Å²) in [5.41, 5.74) is 0.868. The van der Waals surface area contributed by atoms with Gasteiger partial charge in [-0.3, -0.25) is 0 Å². The van der Waals surface area contributed by atoms with Gasteiger partial charge in [0.1, 0.15) is 0 Å². The van der Waals surface area contributed by atoms with Crippen molar-refractivity contribution in [2.45, 2.75) is 25.7 Å². The number of aromatic carboxylic acids is 2. The molecule has 0 fully saturated rings. The first kappa shape index (κ1) is 15.7. The highest BCUT2D eigenvalue weighted by molar-refractivity contribution is 5.98. The maximum absolute atomic E-state index is 11.6. The van der Waals surface area contributed by atoms with Crippen molar-refractivity contribution in [1.29, 1.82) is 0 Å². The Bertz CT molecular complexity index is 572. The maximum atomic E-state index is 11.6. The lowest BCUT2D eigenvalue weighted by atomic mass is 9.84. The van der Waals surface area contributed by atoms with E-state index in [1.807, 2.05) is 6.92 Å². The quantitative estimate of drug-likeness (QED) is 0.776. The van der Waals surface area contributed by atoms with Crippen LogP contribution in [-0.2, 0) is 0 Å². The van der Waals surface area contributed by atoms with Crippen LogP contribution < -0.4 is 0 Å². The van der Waals surface area contributed by atoms with Crippen LogP contribution in [0.4, 0.5) is 0 Å². The van der Waals surface area contributed by atoms with Crippen molar-refractivity contribution in [3.63, 3.8) is 0 Å². The van der Waals surface area contributed by atoms with Gasteiger partial charge in [-0.1, -0.05) is 32.1 Å². The molecule has 106 valence electrons. The van der Waals surface area contributed by atoms with E-state index in [0.29, 0.717) is 5.56 Å². The number of hydrogen-bond donors (Lipinski definition) is 2. The van der Waals surface area contributed by atoms with Crippen LogP contribution in [0.15, 0.2) is 37.4 Å². The standard InChI is InChI=1S/C16H18O4/c1-5-9(3)11-7-8-12(15(17)18)13(10(4)6-2)14(11)16(19)20/h5-10H,1-2H2,3-4H3,(H,17,18)(H,19,20). The third-order valence-electron chi connectivity index (χ3n) is 3.38. The summed E-state index contributed by atoms with van der Waals surface area (Å²) < 4.78 is 0. The highest BCUT2D eigenvalue weighted by atomic mass is 16.4. The third kappa shape index (κ3) is 2.79. The van der Waals surface area contributed by atoms with Crippen LogP contribution in [-0.4, -0.2) is 22.2 Å². The van der Waals surface area contributed by atoms with Gasteiger partial charge in [-0.15, -0.1) is 13.2 Å². The Hall–Kier alpha value is -2.36. The molecule has 0 saturated heterocycles. The first-order chi connectivity index (χ1) is 9.34. The average Bonchev–Trinajstić information content (AvgIpc) is 2.43. The van der Waals surface area contributed by atoms with Crippen molar-refractivity contribution < 1.29 is 19.8 Å². The van der Waals surface area contributed by atoms with Crippen LogP contribution in [0, 0.1) is 0 Å². The predicted octanol–water partition coefficient (Wildman–Crippen LogP) is 3.66. The van der Waals surface area contributed by atoms with Gasteiger partial charge in [-0.25, -0.2) is 9.59 Å². The molecular formula is C16H18O4. The lowest BCUT2D eigenvalue weighted by molar-refractivity contribution is 0.0693. The van der Waals surface area contributed by atoms with Gasteiger partial charge < -0.3 is 10.2 Å². The van der Waals surface area contributed by atoms with Crippen molar-refractivity contribution in [2.75, 3.05) is 0 Å². The number of carboxylic acid groups (broad SMARTS) is 2. The summed E-state index contributed by atoms with van der Waals surface area (Å²) in [5.74, 6) is -2.83. The molecule has 1 aromatic carbocycles. The number of carboxylic acids is 2. The van der Waals surface area contributed by atoms with E-state index in [-0.39, 0.29) is 28.5 Å². The van der Waals surface area contributed by atoms with Crippen LogP contribution in [0.2, 0.25) is 0 Å². The van der Waals surface area contributed by atoms with E-state index in [0.717, 1.165) is 0 Å². The van der Waals surface area contributed by atoms with Gasteiger partial charge >= 0.3 is 11.9 Å². The first-order valence-electron chi connectivity index (χ1n) is 6.23. The maximum Gasteiger partial charge on any atom is 0.336 e. The van der Waals surface area contributed by atoms with E-state index in [1.165, 1.54) is 12.1 Å². The molecule has 2 N–H and O–H groups in total. The van der Waals surface area contributed by atoms with Crippen molar-refractivity contribution in [3.05, 3.63) is 59.7 Å².